The van der Waals surface area contributed by atoms with Gasteiger partial charge in [0, 0.05) is 0 Å². The molecule has 9 rings (SSSR count). The quantitative estimate of drug-likeness (QED) is 0.0917. The molecule has 0 atom stereocenters. The van der Waals surface area contributed by atoms with E-state index in [9.17, 15) is 0 Å². The number of hydrogen-bond acceptors (Lipinski definition) is 0. The van der Waals surface area contributed by atoms with Crippen molar-refractivity contribution in [1.29, 1.82) is 0 Å². The SMILES string of the molecule is C/C=C\c1cc(-c2ccc3ccc(-c4c5ccccc5c(C(/C=C\c5cc6ccccc6c6ccccc56)=C/C)c5ccccc45)cc3c2)ccc1C.CC. The Labute approximate surface area is 325 Å². The van der Waals surface area contributed by atoms with Gasteiger partial charge in [-0.05, 0) is 149 Å². The zero-order chi connectivity index (χ0) is 37.9. The predicted octanol–water partition coefficient (Wildman–Crippen LogP) is 16.3. The molecule has 0 nitrogen and oxygen atoms in total. The molecule has 0 aromatic heterocycles. The van der Waals surface area contributed by atoms with Crippen molar-refractivity contribution in [1.82, 2.24) is 0 Å². The van der Waals surface area contributed by atoms with E-state index in [1.54, 1.807) is 0 Å². The number of hydrogen-bond donors (Lipinski definition) is 0. The van der Waals surface area contributed by atoms with Crippen molar-refractivity contribution in [2.24, 2.45) is 0 Å². The van der Waals surface area contributed by atoms with Gasteiger partial charge in [-0.3, -0.25) is 0 Å². The van der Waals surface area contributed by atoms with Crippen LogP contribution in [-0.2, 0) is 0 Å². The maximum Gasteiger partial charge on any atom is -0.00262 e. The number of rotatable bonds is 6. The number of aryl methyl sites for hydroxylation is 1. The smallest absolute Gasteiger partial charge is 0.00262 e. The second-order valence-electron chi connectivity index (χ2n) is 14.0. The Bertz CT molecular complexity index is 2910. The monoisotopic (exact) mass is 706 g/mol. The third kappa shape index (κ3) is 6.55. The van der Waals surface area contributed by atoms with E-state index in [-0.39, 0.29) is 0 Å². The van der Waals surface area contributed by atoms with E-state index in [1.807, 2.05) is 13.8 Å². The van der Waals surface area contributed by atoms with Crippen LogP contribution in [0.15, 0.2) is 176 Å². The van der Waals surface area contributed by atoms with Crippen LogP contribution < -0.4 is 0 Å². The third-order valence-electron chi connectivity index (χ3n) is 10.9. The van der Waals surface area contributed by atoms with Gasteiger partial charge in [-0.1, -0.05) is 178 Å². The molecule has 0 aliphatic heterocycles. The lowest BCUT2D eigenvalue weighted by Gasteiger charge is -2.18. The molecule has 0 aliphatic rings. The summed E-state index contributed by atoms with van der Waals surface area (Å²) in [6.07, 6.45) is 11.2. The van der Waals surface area contributed by atoms with Gasteiger partial charge in [-0.2, -0.15) is 0 Å². The maximum atomic E-state index is 2.38. The fourth-order valence-corrected chi connectivity index (χ4v) is 8.24. The zero-order valence-corrected chi connectivity index (χ0v) is 32.4. The first-order chi connectivity index (χ1) is 27.1. The molecule has 0 saturated heterocycles. The van der Waals surface area contributed by atoms with Crippen LogP contribution >= 0.6 is 0 Å². The van der Waals surface area contributed by atoms with E-state index in [1.165, 1.54) is 104 Å². The molecule has 0 amide bonds. The summed E-state index contributed by atoms with van der Waals surface area (Å²) >= 11 is 0. The standard InChI is InChI=1S/C53H40.C2H6/c1-4-14-38-31-39(24-23-35(38)3)40-28-26-37-27-30-43(34-44(37)32-40)53-50-21-12-10-19-48(50)52(49-20-11-13-22-51(49)53)36(5-2)25-29-42-33-41-15-6-7-16-45(41)47-18-9-8-17-46(42)47;1-2/h4-34H,1-3H3;1-2H3/b14-4-,29-25-,36-5+;. The van der Waals surface area contributed by atoms with Crippen LogP contribution in [0.3, 0.4) is 0 Å². The van der Waals surface area contributed by atoms with Gasteiger partial charge in [0.05, 0.1) is 0 Å². The van der Waals surface area contributed by atoms with E-state index >= 15 is 0 Å². The van der Waals surface area contributed by atoms with Crippen LogP contribution in [0.2, 0.25) is 0 Å². The number of allylic oxidation sites excluding steroid dienone is 4. The molecule has 0 radical (unpaired) electrons. The van der Waals surface area contributed by atoms with Gasteiger partial charge < -0.3 is 0 Å². The summed E-state index contributed by atoms with van der Waals surface area (Å²) in [6, 6.07) is 58.2. The molecular formula is C55H46. The lowest BCUT2D eigenvalue weighted by molar-refractivity contribution is 1.44. The van der Waals surface area contributed by atoms with Gasteiger partial charge in [0.2, 0.25) is 0 Å². The minimum Gasteiger partial charge on any atom is -0.0871 e. The van der Waals surface area contributed by atoms with Crippen molar-refractivity contribution in [3.63, 3.8) is 0 Å². The first kappa shape index (κ1) is 35.5. The second-order valence-corrected chi connectivity index (χ2v) is 14.0. The number of fused-ring (bicyclic) bond motifs is 6. The Kier molecular flexibility index (Phi) is 9.99. The van der Waals surface area contributed by atoms with Crippen LogP contribution in [-0.4, -0.2) is 0 Å². The summed E-state index contributed by atoms with van der Waals surface area (Å²) in [6.45, 7) is 10.4. The largest absolute Gasteiger partial charge is 0.0871 e. The van der Waals surface area contributed by atoms with Crippen LogP contribution in [0.1, 0.15) is 49.9 Å². The lowest BCUT2D eigenvalue weighted by atomic mass is 9.85. The Balaban J connectivity index is 0.00000210. The highest BCUT2D eigenvalue weighted by atomic mass is 14.2. The maximum absolute atomic E-state index is 2.38. The summed E-state index contributed by atoms with van der Waals surface area (Å²) in [5.41, 5.74) is 11.2. The van der Waals surface area contributed by atoms with Crippen LogP contribution in [0.25, 0.3) is 93.8 Å². The number of benzene rings is 9. The molecule has 0 N–H and O–H groups in total. The molecule has 266 valence electrons. The van der Waals surface area contributed by atoms with Gasteiger partial charge in [-0.15, -0.1) is 0 Å². The highest BCUT2D eigenvalue weighted by molar-refractivity contribution is 6.20. The molecule has 9 aromatic rings. The molecule has 0 unspecified atom stereocenters. The highest BCUT2D eigenvalue weighted by Crippen LogP contribution is 2.43. The van der Waals surface area contributed by atoms with Crippen molar-refractivity contribution >= 4 is 71.6 Å². The minimum atomic E-state index is 1.21. The van der Waals surface area contributed by atoms with Crippen molar-refractivity contribution in [2.75, 3.05) is 0 Å². The Morgan fingerprint density at radius 3 is 1.64 bits per heavy atom. The van der Waals surface area contributed by atoms with Crippen LogP contribution in [0.5, 0.6) is 0 Å². The molecule has 0 spiro atoms. The van der Waals surface area contributed by atoms with E-state index in [0.29, 0.717) is 0 Å². The van der Waals surface area contributed by atoms with Crippen molar-refractivity contribution in [2.45, 2.75) is 34.6 Å². The fourth-order valence-electron chi connectivity index (χ4n) is 8.24. The predicted molar refractivity (Wildman–Crippen MR) is 245 cm³/mol. The van der Waals surface area contributed by atoms with Gasteiger partial charge >= 0.3 is 0 Å². The minimum absolute atomic E-state index is 1.21. The average molecular weight is 707 g/mol. The Morgan fingerprint density at radius 2 is 0.964 bits per heavy atom. The summed E-state index contributed by atoms with van der Waals surface area (Å²) in [5.74, 6) is 0. The molecule has 9 aromatic carbocycles. The average Bonchev–Trinajstić information content (AvgIpc) is 3.24. The molecule has 0 bridgehead atoms. The van der Waals surface area contributed by atoms with Gasteiger partial charge in [0.15, 0.2) is 0 Å². The first-order valence-electron chi connectivity index (χ1n) is 19.6. The highest BCUT2D eigenvalue weighted by Gasteiger charge is 2.17. The van der Waals surface area contributed by atoms with Crippen molar-refractivity contribution in [3.05, 3.63) is 198 Å². The summed E-state index contributed by atoms with van der Waals surface area (Å²) in [7, 11) is 0. The molecular weight excluding hydrogens is 661 g/mol. The summed E-state index contributed by atoms with van der Waals surface area (Å²) < 4.78 is 0. The normalized spacial score (nSPS) is 12.1. The Hall–Kier alpha value is -6.50. The lowest BCUT2D eigenvalue weighted by Crippen LogP contribution is -1.93. The molecule has 0 saturated carbocycles. The third-order valence-corrected chi connectivity index (χ3v) is 10.9. The van der Waals surface area contributed by atoms with E-state index < -0.39 is 0 Å². The molecule has 0 heterocycles. The summed E-state index contributed by atoms with van der Waals surface area (Å²) in [4.78, 5) is 0. The molecule has 0 aliphatic carbocycles. The zero-order valence-electron chi connectivity index (χ0n) is 32.4. The van der Waals surface area contributed by atoms with E-state index in [0.717, 1.165) is 0 Å². The van der Waals surface area contributed by atoms with E-state index in [2.05, 4.69) is 209 Å². The first-order valence-corrected chi connectivity index (χ1v) is 19.6. The Morgan fingerprint density at radius 1 is 0.418 bits per heavy atom. The molecule has 55 heavy (non-hydrogen) atoms. The summed E-state index contributed by atoms with van der Waals surface area (Å²) in [5, 5.41) is 12.6. The topological polar surface area (TPSA) is 0 Å². The second kappa shape index (κ2) is 15.5. The van der Waals surface area contributed by atoms with E-state index in [4.69, 9.17) is 0 Å². The molecule has 0 fully saturated rings. The van der Waals surface area contributed by atoms with Crippen molar-refractivity contribution in [3.8, 4) is 22.3 Å². The van der Waals surface area contributed by atoms with Crippen LogP contribution in [0, 0.1) is 6.92 Å². The van der Waals surface area contributed by atoms with Gasteiger partial charge in [0.25, 0.3) is 0 Å². The van der Waals surface area contributed by atoms with Crippen molar-refractivity contribution < 1.29 is 0 Å². The fraction of sp³-hybridized carbons (Fsp3) is 0.0909. The van der Waals surface area contributed by atoms with Crippen LogP contribution in [0.4, 0.5) is 0 Å². The molecule has 0 heteroatoms. The van der Waals surface area contributed by atoms with Gasteiger partial charge in [0.1, 0.15) is 0 Å². The van der Waals surface area contributed by atoms with Gasteiger partial charge in [-0.25, -0.2) is 0 Å².